The third-order valence-electron chi connectivity index (χ3n) is 3.25. The van der Waals surface area contributed by atoms with Crippen LogP contribution in [0.4, 0.5) is 0 Å². The van der Waals surface area contributed by atoms with Gasteiger partial charge in [-0.2, -0.15) is 0 Å². The minimum atomic E-state index is 0.301. The van der Waals surface area contributed by atoms with Crippen LogP contribution in [0.15, 0.2) is 24.3 Å². The van der Waals surface area contributed by atoms with E-state index in [1.54, 1.807) is 6.92 Å². The third kappa shape index (κ3) is 8.05. The average Bonchev–Trinajstić information content (AvgIpc) is 2.58. The first-order valence-electron chi connectivity index (χ1n) is 8.07. The van der Waals surface area contributed by atoms with Crippen LogP contribution in [0.3, 0.4) is 0 Å². The van der Waals surface area contributed by atoms with Crippen molar-refractivity contribution in [2.24, 2.45) is 5.73 Å². The average molecular weight is 305 g/mol. The van der Waals surface area contributed by atoms with E-state index >= 15 is 0 Å². The summed E-state index contributed by atoms with van der Waals surface area (Å²) < 4.78 is 5.30. The summed E-state index contributed by atoms with van der Waals surface area (Å²) in [5.41, 5.74) is 7.97. The molecule has 0 spiro atoms. The Morgan fingerprint density at radius 3 is 2.14 bits per heavy atom. The van der Waals surface area contributed by atoms with Gasteiger partial charge in [-0.1, -0.05) is 43.7 Å². The molecule has 0 aliphatic carbocycles. The van der Waals surface area contributed by atoms with Crippen LogP contribution in [0.1, 0.15) is 51.2 Å². The smallest absolute Gasteiger partial charge is 0.0816 e. The van der Waals surface area contributed by atoms with Crippen LogP contribution >= 0.6 is 0 Å². The predicted octanol–water partition coefficient (Wildman–Crippen LogP) is 3.94. The highest BCUT2D eigenvalue weighted by Gasteiger charge is 2.10. The molecule has 2 rings (SSSR count). The molecule has 4 heteroatoms. The highest BCUT2D eigenvalue weighted by Crippen LogP contribution is 2.10. The van der Waals surface area contributed by atoms with Gasteiger partial charge in [-0.05, 0) is 33.1 Å². The fourth-order valence-corrected chi connectivity index (χ4v) is 1.93. The van der Waals surface area contributed by atoms with Gasteiger partial charge in [-0.25, -0.2) is 0 Å². The van der Waals surface area contributed by atoms with Crippen LogP contribution in [0.25, 0.3) is 0 Å². The Kier molecular flexibility index (Phi) is 11.2. The molecule has 1 aromatic carbocycles. The van der Waals surface area contributed by atoms with Gasteiger partial charge < -0.3 is 15.9 Å². The van der Waals surface area contributed by atoms with Gasteiger partial charge in [0.25, 0.3) is 0 Å². The first kappa shape index (κ1) is 20.5. The molecule has 0 aromatic heterocycles. The summed E-state index contributed by atoms with van der Waals surface area (Å²) in [6.45, 7) is 9.24. The van der Waals surface area contributed by atoms with Crippen molar-refractivity contribution < 1.29 is 4.74 Å². The SMILES string of the molecule is CC.CC(=N)C(=N)c1ccc(C)cc1.NCC1CCCCO1. The molecule has 0 amide bonds. The lowest BCUT2D eigenvalue weighted by molar-refractivity contribution is 0.0222. The van der Waals surface area contributed by atoms with Gasteiger partial charge in [0, 0.05) is 18.7 Å². The maximum Gasteiger partial charge on any atom is 0.0816 e. The van der Waals surface area contributed by atoms with Gasteiger partial charge in [0.15, 0.2) is 0 Å². The fraction of sp³-hybridized carbons (Fsp3) is 0.556. The monoisotopic (exact) mass is 305 g/mol. The second-order valence-corrected chi connectivity index (χ2v) is 5.09. The summed E-state index contributed by atoms with van der Waals surface area (Å²) in [4.78, 5) is 0. The Hall–Kier alpha value is -1.52. The number of nitrogens with two attached hydrogens (primary N) is 1. The van der Waals surface area contributed by atoms with E-state index in [1.807, 2.05) is 45.0 Å². The second kappa shape index (κ2) is 12.1. The van der Waals surface area contributed by atoms with Crippen molar-refractivity contribution in [1.82, 2.24) is 0 Å². The number of nitrogens with one attached hydrogen (secondary N) is 2. The van der Waals surface area contributed by atoms with E-state index in [0.717, 1.165) is 18.6 Å². The van der Waals surface area contributed by atoms with Crippen LogP contribution in [0.5, 0.6) is 0 Å². The van der Waals surface area contributed by atoms with E-state index in [1.165, 1.54) is 18.4 Å². The van der Waals surface area contributed by atoms with E-state index in [2.05, 4.69) is 0 Å². The number of ether oxygens (including phenoxy) is 1. The van der Waals surface area contributed by atoms with Crippen molar-refractivity contribution in [2.45, 2.75) is 53.1 Å². The zero-order valence-electron chi connectivity index (χ0n) is 14.4. The molecule has 4 N–H and O–H groups in total. The largest absolute Gasteiger partial charge is 0.377 e. The van der Waals surface area contributed by atoms with E-state index in [0.29, 0.717) is 24.1 Å². The molecule has 0 saturated carbocycles. The number of hydrogen-bond donors (Lipinski definition) is 3. The third-order valence-corrected chi connectivity index (χ3v) is 3.25. The maximum atomic E-state index is 7.53. The van der Waals surface area contributed by atoms with E-state index in [-0.39, 0.29) is 0 Å². The summed E-state index contributed by atoms with van der Waals surface area (Å²) in [6.07, 6.45) is 4.04. The second-order valence-electron chi connectivity index (χ2n) is 5.09. The van der Waals surface area contributed by atoms with Gasteiger partial charge in [-0.3, -0.25) is 5.41 Å². The molecule has 1 saturated heterocycles. The first-order chi connectivity index (χ1) is 10.5. The molecule has 1 aliphatic heterocycles. The molecular formula is C18H31N3O. The van der Waals surface area contributed by atoms with Crippen LogP contribution in [0.2, 0.25) is 0 Å². The normalized spacial score (nSPS) is 16.5. The van der Waals surface area contributed by atoms with Crippen molar-refractivity contribution in [1.29, 1.82) is 10.8 Å². The van der Waals surface area contributed by atoms with Gasteiger partial charge >= 0.3 is 0 Å². The molecule has 22 heavy (non-hydrogen) atoms. The number of hydrogen-bond acceptors (Lipinski definition) is 4. The molecule has 0 radical (unpaired) electrons. The van der Waals surface area contributed by atoms with Crippen LogP contribution in [-0.4, -0.2) is 30.7 Å². The number of benzene rings is 1. The lowest BCUT2D eigenvalue weighted by Crippen LogP contribution is -2.27. The number of aryl methyl sites for hydroxylation is 1. The van der Waals surface area contributed by atoms with E-state index in [4.69, 9.17) is 21.3 Å². The van der Waals surface area contributed by atoms with Gasteiger partial charge in [0.05, 0.1) is 17.5 Å². The van der Waals surface area contributed by atoms with Crippen molar-refractivity contribution in [3.8, 4) is 0 Å². The Morgan fingerprint density at radius 1 is 1.18 bits per heavy atom. The summed E-state index contributed by atoms with van der Waals surface area (Å²) in [5.74, 6) is 0. The van der Waals surface area contributed by atoms with Gasteiger partial charge in [-0.15, -0.1) is 0 Å². The quantitative estimate of drug-likeness (QED) is 0.739. The Labute approximate surface area is 135 Å². The zero-order valence-corrected chi connectivity index (χ0v) is 14.4. The standard InChI is InChI=1S/C10H12N2.C6H13NO.C2H6/c1-7-3-5-9(6-4-7)10(12)8(2)11;7-5-6-3-1-2-4-8-6;1-2/h3-6,11-12H,1-2H3;6H,1-5,7H2;1-2H3. The Balaban J connectivity index is 0.000000382. The molecule has 0 bridgehead atoms. The zero-order chi connectivity index (χ0) is 17.0. The lowest BCUT2D eigenvalue weighted by Gasteiger charge is -2.20. The van der Waals surface area contributed by atoms with Crippen molar-refractivity contribution >= 4 is 11.4 Å². The summed E-state index contributed by atoms with van der Waals surface area (Å²) in [5, 5.41) is 14.8. The molecule has 1 aliphatic rings. The van der Waals surface area contributed by atoms with Gasteiger partial charge in [0.2, 0.25) is 0 Å². The van der Waals surface area contributed by atoms with Crippen LogP contribution < -0.4 is 5.73 Å². The van der Waals surface area contributed by atoms with E-state index < -0.39 is 0 Å². The van der Waals surface area contributed by atoms with Crippen molar-refractivity contribution in [3.63, 3.8) is 0 Å². The molecule has 1 aromatic rings. The summed E-state index contributed by atoms with van der Waals surface area (Å²) in [7, 11) is 0. The minimum Gasteiger partial charge on any atom is -0.377 e. The molecule has 1 atom stereocenters. The van der Waals surface area contributed by atoms with E-state index in [9.17, 15) is 0 Å². The van der Waals surface area contributed by atoms with Crippen LogP contribution in [0, 0.1) is 17.7 Å². The topological polar surface area (TPSA) is 83.0 Å². The molecule has 1 fully saturated rings. The fourth-order valence-electron chi connectivity index (χ4n) is 1.93. The van der Waals surface area contributed by atoms with Crippen molar-refractivity contribution in [2.75, 3.05) is 13.2 Å². The lowest BCUT2D eigenvalue weighted by atomic mass is 10.1. The number of rotatable bonds is 3. The highest BCUT2D eigenvalue weighted by molar-refractivity contribution is 6.45. The highest BCUT2D eigenvalue weighted by atomic mass is 16.5. The summed E-state index contributed by atoms with van der Waals surface area (Å²) in [6, 6.07) is 7.64. The molecule has 1 heterocycles. The van der Waals surface area contributed by atoms with Crippen molar-refractivity contribution in [3.05, 3.63) is 35.4 Å². The Bertz CT molecular complexity index is 434. The molecule has 124 valence electrons. The predicted molar refractivity (Wildman–Crippen MR) is 95.4 cm³/mol. The summed E-state index contributed by atoms with van der Waals surface area (Å²) >= 11 is 0. The molecular weight excluding hydrogens is 274 g/mol. The molecule has 1 unspecified atom stereocenters. The first-order valence-corrected chi connectivity index (χ1v) is 8.07. The maximum absolute atomic E-state index is 7.53. The molecule has 4 nitrogen and oxygen atoms in total. The van der Waals surface area contributed by atoms with Crippen LogP contribution in [-0.2, 0) is 4.74 Å². The minimum absolute atomic E-state index is 0.301. The van der Waals surface area contributed by atoms with Gasteiger partial charge in [0.1, 0.15) is 0 Å². The Morgan fingerprint density at radius 2 is 1.77 bits per heavy atom.